The molecule has 3 aromatic rings. The minimum atomic E-state index is -4.47. The van der Waals surface area contributed by atoms with E-state index in [4.69, 9.17) is 4.74 Å². The molecule has 4 nitrogen and oxygen atoms in total. The first-order valence-electron chi connectivity index (χ1n) is 9.39. The molecule has 0 spiro atoms. The number of rotatable bonds is 2. The van der Waals surface area contributed by atoms with E-state index >= 15 is 0 Å². The van der Waals surface area contributed by atoms with Crippen LogP contribution in [-0.2, 0) is 11.0 Å². The number of fused-ring (bicyclic) bond motifs is 2. The standard InChI is InChI=1S/C23H18F3NO3/c24-23(25,26)15-9-10-16-14(4-3-11-30-21(16)13-15)12-22(29)27-19-7-1-6-18-17(19)5-2-8-20(18)28/h1-2,5-10,12-13,28H,3-4,11H2,(H,27,29). The minimum absolute atomic E-state index is 0.109. The summed E-state index contributed by atoms with van der Waals surface area (Å²) in [5, 5.41) is 14.1. The van der Waals surface area contributed by atoms with Crippen LogP contribution in [0.1, 0.15) is 24.0 Å². The maximum atomic E-state index is 13.0. The Morgan fingerprint density at radius 3 is 2.63 bits per heavy atom. The highest BCUT2D eigenvalue weighted by Crippen LogP contribution is 2.38. The molecule has 0 saturated carbocycles. The summed E-state index contributed by atoms with van der Waals surface area (Å²) < 4.78 is 44.5. The Morgan fingerprint density at radius 1 is 1.07 bits per heavy atom. The average Bonchev–Trinajstić information content (AvgIpc) is 2.90. The highest BCUT2D eigenvalue weighted by molar-refractivity contribution is 6.09. The van der Waals surface area contributed by atoms with Gasteiger partial charge in [0.2, 0.25) is 5.91 Å². The second-order valence-electron chi connectivity index (χ2n) is 7.00. The number of halogens is 3. The third-order valence-corrected chi connectivity index (χ3v) is 4.97. The van der Waals surface area contributed by atoms with Gasteiger partial charge in [0.05, 0.1) is 12.2 Å². The van der Waals surface area contributed by atoms with Crippen LogP contribution in [0.5, 0.6) is 11.5 Å². The molecule has 3 aromatic carbocycles. The van der Waals surface area contributed by atoms with E-state index in [2.05, 4.69) is 5.32 Å². The summed E-state index contributed by atoms with van der Waals surface area (Å²) in [5.41, 5.74) is 0.827. The normalized spacial score (nSPS) is 15.4. The number of phenols is 1. The molecule has 154 valence electrons. The molecule has 0 saturated heterocycles. The van der Waals surface area contributed by atoms with Crippen LogP contribution in [0.2, 0.25) is 0 Å². The van der Waals surface area contributed by atoms with Gasteiger partial charge in [-0.15, -0.1) is 0 Å². The van der Waals surface area contributed by atoms with Crippen LogP contribution in [0, 0.1) is 0 Å². The number of hydrogen-bond acceptors (Lipinski definition) is 3. The van der Waals surface area contributed by atoms with Gasteiger partial charge in [-0.3, -0.25) is 4.79 Å². The zero-order chi connectivity index (χ0) is 21.3. The Balaban J connectivity index is 1.66. The van der Waals surface area contributed by atoms with Gasteiger partial charge in [0.1, 0.15) is 11.5 Å². The quantitative estimate of drug-likeness (QED) is 0.525. The molecular formula is C23H18F3NO3. The lowest BCUT2D eigenvalue weighted by Crippen LogP contribution is -2.09. The Labute approximate surface area is 170 Å². The van der Waals surface area contributed by atoms with Crippen LogP contribution in [-0.4, -0.2) is 17.6 Å². The maximum absolute atomic E-state index is 13.0. The number of phenolic OH excluding ortho intramolecular Hbond substituents is 1. The summed E-state index contributed by atoms with van der Waals surface area (Å²) >= 11 is 0. The fourth-order valence-corrected chi connectivity index (χ4v) is 3.54. The lowest BCUT2D eigenvalue weighted by Gasteiger charge is -2.13. The summed E-state index contributed by atoms with van der Waals surface area (Å²) in [7, 11) is 0. The Morgan fingerprint density at radius 2 is 1.83 bits per heavy atom. The van der Waals surface area contributed by atoms with Crippen molar-refractivity contribution in [1.29, 1.82) is 0 Å². The zero-order valence-electron chi connectivity index (χ0n) is 15.8. The van der Waals surface area contributed by atoms with E-state index in [-0.39, 0.29) is 18.1 Å². The summed E-state index contributed by atoms with van der Waals surface area (Å²) in [4.78, 5) is 12.7. The third-order valence-electron chi connectivity index (χ3n) is 4.97. The molecule has 7 heteroatoms. The van der Waals surface area contributed by atoms with Gasteiger partial charge in [-0.05, 0) is 42.7 Å². The van der Waals surface area contributed by atoms with Gasteiger partial charge < -0.3 is 15.2 Å². The van der Waals surface area contributed by atoms with Crippen molar-refractivity contribution in [1.82, 2.24) is 0 Å². The van der Waals surface area contributed by atoms with Gasteiger partial charge in [-0.1, -0.05) is 30.3 Å². The molecular weight excluding hydrogens is 395 g/mol. The first kappa shape index (κ1) is 19.8. The Kier molecular flexibility index (Phi) is 5.11. The summed E-state index contributed by atoms with van der Waals surface area (Å²) in [6.07, 6.45) is -1.99. The average molecular weight is 413 g/mol. The number of alkyl halides is 3. The predicted octanol–water partition coefficient (Wildman–Crippen LogP) is 5.76. The number of benzene rings is 3. The lowest BCUT2D eigenvalue weighted by atomic mass is 9.99. The van der Waals surface area contributed by atoms with Crippen molar-refractivity contribution in [2.75, 3.05) is 11.9 Å². The van der Waals surface area contributed by atoms with Crippen molar-refractivity contribution in [2.45, 2.75) is 19.0 Å². The van der Waals surface area contributed by atoms with Crippen molar-refractivity contribution in [3.05, 3.63) is 71.8 Å². The number of aromatic hydroxyl groups is 1. The molecule has 1 amide bonds. The van der Waals surface area contributed by atoms with Crippen LogP contribution in [0.4, 0.5) is 18.9 Å². The molecule has 30 heavy (non-hydrogen) atoms. The van der Waals surface area contributed by atoms with Gasteiger partial charge in [0.15, 0.2) is 0 Å². The second-order valence-corrected chi connectivity index (χ2v) is 7.00. The fourth-order valence-electron chi connectivity index (χ4n) is 3.54. The first-order chi connectivity index (χ1) is 14.3. The van der Waals surface area contributed by atoms with E-state index in [1.165, 1.54) is 12.1 Å². The number of anilines is 1. The SMILES string of the molecule is O=C(C=C1CCCOc2cc(C(F)(F)F)ccc21)Nc1cccc2c(O)cccc12. The summed E-state index contributed by atoms with van der Waals surface area (Å²) in [6, 6.07) is 13.5. The summed E-state index contributed by atoms with van der Waals surface area (Å²) in [6.45, 7) is 0.274. The number of hydrogen-bond donors (Lipinski definition) is 2. The zero-order valence-corrected chi connectivity index (χ0v) is 15.8. The first-order valence-corrected chi connectivity index (χ1v) is 9.39. The molecule has 0 radical (unpaired) electrons. The maximum Gasteiger partial charge on any atom is 0.416 e. The second kappa shape index (κ2) is 7.74. The third kappa shape index (κ3) is 3.96. The molecule has 4 rings (SSSR count). The van der Waals surface area contributed by atoms with Crippen molar-refractivity contribution in [3.63, 3.8) is 0 Å². The highest BCUT2D eigenvalue weighted by Gasteiger charge is 2.32. The molecule has 2 N–H and O–H groups in total. The molecule has 0 bridgehead atoms. The van der Waals surface area contributed by atoms with Crippen molar-refractivity contribution < 1.29 is 27.8 Å². The van der Waals surface area contributed by atoms with Crippen LogP contribution in [0.15, 0.2) is 60.7 Å². The van der Waals surface area contributed by atoms with Gasteiger partial charge in [0.25, 0.3) is 0 Å². The lowest BCUT2D eigenvalue weighted by molar-refractivity contribution is -0.137. The van der Waals surface area contributed by atoms with E-state index in [0.29, 0.717) is 40.4 Å². The molecule has 0 unspecified atom stereocenters. The molecule has 0 aromatic heterocycles. The van der Waals surface area contributed by atoms with E-state index < -0.39 is 17.6 Å². The molecule has 1 aliphatic heterocycles. The molecule has 0 atom stereocenters. The van der Waals surface area contributed by atoms with Crippen molar-refractivity contribution in [2.24, 2.45) is 0 Å². The van der Waals surface area contributed by atoms with Crippen LogP contribution < -0.4 is 10.1 Å². The number of carbonyl (C=O) groups excluding carboxylic acids is 1. The summed E-state index contributed by atoms with van der Waals surface area (Å²) in [5.74, 6) is -0.178. The number of ether oxygens (including phenoxy) is 1. The van der Waals surface area contributed by atoms with Gasteiger partial charge in [-0.25, -0.2) is 0 Å². The molecule has 1 aliphatic rings. The number of amides is 1. The van der Waals surface area contributed by atoms with Gasteiger partial charge in [0, 0.05) is 28.1 Å². The van der Waals surface area contributed by atoms with Crippen LogP contribution in [0.25, 0.3) is 16.3 Å². The van der Waals surface area contributed by atoms with Crippen LogP contribution >= 0.6 is 0 Å². The Bertz CT molecular complexity index is 1150. The minimum Gasteiger partial charge on any atom is -0.507 e. The number of allylic oxidation sites excluding steroid dienone is 1. The predicted molar refractivity (Wildman–Crippen MR) is 108 cm³/mol. The highest BCUT2D eigenvalue weighted by atomic mass is 19.4. The fraction of sp³-hybridized carbons (Fsp3) is 0.174. The monoisotopic (exact) mass is 413 g/mol. The molecule has 0 fully saturated rings. The van der Waals surface area contributed by atoms with E-state index in [1.807, 2.05) is 0 Å². The van der Waals surface area contributed by atoms with Gasteiger partial charge >= 0.3 is 6.18 Å². The smallest absolute Gasteiger partial charge is 0.416 e. The topological polar surface area (TPSA) is 58.6 Å². The number of carbonyl (C=O) groups is 1. The molecule has 1 heterocycles. The van der Waals surface area contributed by atoms with Gasteiger partial charge in [-0.2, -0.15) is 13.2 Å². The number of nitrogens with one attached hydrogen (secondary N) is 1. The van der Waals surface area contributed by atoms with Crippen molar-refractivity contribution >= 4 is 27.9 Å². The van der Waals surface area contributed by atoms with E-state index in [1.54, 1.807) is 36.4 Å². The largest absolute Gasteiger partial charge is 0.507 e. The van der Waals surface area contributed by atoms with E-state index in [0.717, 1.165) is 12.1 Å². The molecule has 0 aliphatic carbocycles. The van der Waals surface area contributed by atoms with Crippen LogP contribution in [0.3, 0.4) is 0 Å². The van der Waals surface area contributed by atoms with E-state index in [9.17, 15) is 23.1 Å². The van der Waals surface area contributed by atoms with Crippen molar-refractivity contribution in [3.8, 4) is 11.5 Å². The Hall–Kier alpha value is -3.48.